The molecule has 2 aliphatic heterocycles. The summed E-state index contributed by atoms with van der Waals surface area (Å²) in [4.78, 5) is 21.7. The van der Waals surface area contributed by atoms with Crippen molar-refractivity contribution in [3.8, 4) is 0 Å². The summed E-state index contributed by atoms with van der Waals surface area (Å²) in [6, 6.07) is 13.6. The summed E-state index contributed by atoms with van der Waals surface area (Å²) in [5.41, 5.74) is 2.46. The number of hydrogen-bond donors (Lipinski definition) is 1. The Hall–Kier alpha value is -3.46. The van der Waals surface area contributed by atoms with Gasteiger partial charge in [-0.2, -0.15) is 13.2 Å². The lowest BCUT2D eigenvalue weighted by atomic mass is 9.82. The smallest absolute Gasteiger partial charge is 0.365 e. The molecule has 36 heavy (non-hydrogen) atoms. The van der Waals surface area contributed by atoms with Gasteiger partial charge in [0.25, 0.3) is 0 Å². The summed E-state index contributed by atoms with van der Waals surface area (Å²) in [6.45, 7) is 2.76. The maximum absolute atomic E-state index is 13.4. The van der Waals surface area contributed by atoms with Crippen molar-refractivity contribution in [2.75, 3.05) is 24.5 Å². The molecule has 0 unspecified atom stereocenters. The summed E-state index contributed by atoms with van der Waals surface area (Å²) in [6.07, 6.45) is -0.924. The van der Waals surface area contributed by atoms with E-state index in [0.717, 1.165) is 22.9 Å². The van der Waals surface area contributed by atoms with Crippen LogP contribution in [-0.2, 0) is 30.5 Å². The molecule has 1 N–H and O–H groups in total. The highest BCUT2D eigenvalue weighted by Gasteiger charge is 2.42. The van der Waals surface area contributed by atoms with Crippen LogP contribution in [0.4, 0.5) is 23.2 Å². The fourth-order valence-corrected chi connectivity index (χ4v) is 5.17. The van der Waals surface area contributed by atoms with E-state index in [1.807, 2.05) is 12.1 Å². The normalized spacial score (nSPS) is 19.9. The van der Waals surface area contributed by atoms with Crippen LogP contribution in [-0.4, -0.2) is 41.5 Å². The molecule has 1 fully saturated rings. The number of nitrogens with zero attached hydrogens (tertiary/aromatic N) is 3. The number of benzene rings is 2. The first-order valence-electron chi connectivity index (χ1n) is 11.9. The maximum Gasteiger partial charge on any atom is 0.416 e. The molecular weight excluding hydrogens is 472 g/mol. The number of fused-ring (bicyclic) bond motifs is 3. The summed E-state index contributed by atoms with van der Waals surface area (Å²) in [7, 11) is 0. The number of halogens is 4. The first-order valence-corrected chi connectivity index (χ1v) is 11.9. The number of rotatable bonds is 5. The predicted octanol–water partition coefficient (Wildman–Crippen LogP) is 4.42. The van der Waals surface area contributed by atoms with Crippen LogP contribution in [0.2, 0.25) is 0 Å². The summed E-state index contributed by atoms with van der Waals surface area (Å²) in [5, 5.41) is 2.97. The maximum atomic E-state index is 13.4. The van der Waals surface area contributed by atoms with E-state index in [4.69, 9.17) is 0 Å². The van der Waals surface area contributed by atoms with Gasteiger partial charge in [0.05, 0.1) is 17.5 Å². The Balaban J connectivity index is 1.40. The fraction of sp³-hybridized carbons (Fsp3) is 0.333. The predicted molar refractivity (Wildman–Crippen MR) is 128 cm³/mol. The highest BCUT2D eigenvalue weighted by Crippen LogP contribution is 2.40. The fourth-order valence-electron chi connectivity index (χ4n) is 5.17. The first kappa shape index (κ1) is 24.2. The van der Waals surface area contributed by atoms with Crippen molar-refractivity contribution in [3.63, 3.8) is 0 Å². The van der Waals surface area contributed by atoms with E-state index in [9.17, 15) is 22.4 Å². The van der Waals surface area contributed by atoms with E-state index < -0.39 is 17.7 Å². The molecule has 9 heteroatoms. The van der Waals surface area contributed by atoms with Gasteiger partial charge in [0.15, 0.2) is 0 Å². The quantitative estimate of drug-likeness (QED) is 0.530. The zero-order valence-corrected chi connectivity index (χ0v) is 19.5. The van der Waals surface area contributed by atoms with Crippen LogP contribution in [0.1, 0.15) is 22.3 Å². The number of anilines is 1. The second-order valence-electron chi connectivity index (χ2n) is 9.35. The molecule has 1 amide bonds. The molecule has 0 bridgehead atoms. The number of carbonyl (C=O) groups excluding carboxylic acids is 1. The number of alkyl halides is 3. The van der Waals surface area contributed by atoms with Crippen LogP contribution in [0.25, 0.3) is 0 Å². The summed E-state index contributed by atoms with van der Waals surface area (Å²) >= 11 is 0. The van der Waals surface area contributed by atoms with Crippen molar-refractivity contribution in [1.29, 1.82) is 0 Å². The highest BCUT2D eigenvalue weighted by molar-refractivity contribution is 5.82. The average Bonchev–Trinajstić information content (AvgIpc) is 2.88. The number of pyridine rings is 1. The second-order valence-corrected chi connectivity index (χ2v) is 9.35. The Morgan fingerprint density at radius 2 is 1.75 bits per heavy atom. The van der Waals surface area contributed by atoms with Crippen LogP contribution in [0.5, 0.6) is 0 Å². The lowest BCUT2D eigenvalue weighted by Gasteiger charge is -2.49. The third-order valence-corrected chi connectivity index (χ3v) is 7.00. The Labute approximate surface area is 206 Å². The number of carbonyl (C=O) groups is 1. The SMILES string of the molecule is O=C(NCc1ccncc1)[C@@H]1Cc2cc(C(F)(F)F)ccc2N2CCN(Cc3ccc(F)cc3)C[C@H]12. The number of nitrogens with one attached hydrogen (secondary N) is 1. The summed E-state index contributed by atoms with van der Waals surface area (Å²) in [5.74, 6) is -0.996. The molecule has 0 radical (unpaired) electrons. The van der Waals surface area contributed by atoms with Crippen LogP contribution in [0, 0.1) is 11.7 Å². The van der Waals surface area contributed by atoms with E-state index >= 15 is 0 Å². The van der Waals surface area contributed by atoms with Gasteiger partial charge in [-0.05, 0) is 65.6 Å². The van der Waals surface area contributed by atoms with Crippen molar-refractivity contribution < 1.29 is 22.4 Å². The van der Waals surface area contributed by atoms with Gasteiger partial charge < -0.3 is 10.2 Å². The minimum absolute atomic E-state index is 0.187. The van der Waals surface area contributed by atoms with Gasteiger partial charge >= 0.3 is 6.18 Å². The van der Waals surface area contributed by atoms with Crippen molar-refractivity contribution in [2.24, 2.45) is 5.92 Å². The van der Waals surface area contributed by atoms with E-state index in [2.05, 4.69) is 20.1 Å². The second kappa shape index (κ2) is 9.89. The molecule has 0 saturated carbocycles. The molecule has 2 aliphatic rings. The number of hydrogen-bond acceptors (Lipinski definition) is 4. The largest absolute Gasteiger partial charge is 0.416 e. The molecule has 1 saturated heterocycles. The lowest BCUT2D eigenvalue weighted by molar-refractivity contribution is -0.137. The average molecular weight is 499 g/mol. The van der Waals surface area contributed by atoms with Crippen LogP contribution in [0.15, 0.2) is 67.0 Å². The van der Waals surface area contributed by atoms with Crippen molar-refractivity contribution in [1.82, 2.24) is 15.2 Å². The van der Waals surface area contributed by atoms with Gasteiger partial charge in [-0.25, -0.2) is 4.39 Å². The minimum atomic E-state index is -4.45. The van der Waals surface area contributed by atoms with Gasteiger partial charge in [0, 0.05) is 50.8 Å². The lowest BCUT2D eigenvalue weighted by Crippen LogP contribution is -2.60. The van der Waals surface area contributed by atoms with Crippen LogP contribution < -0.4 is 10.2 Å². The number of aromatic nitrogens is 1. The van der Waals surface area contributed by atoms with Gasteiger partial charge in [-0.15, -0.1) is 0 Å². The third kappa shape index (κ3) is 5.21. The van der Waals surface area contributed by atoms with Crippen LogP contribution in [0.3, 0.4) is 0 Å². The van der Waals surface area contributed by atoms with Crippen molar-refractivity contribution in [2.45, 2.75) is 31.7 Å². The molecule has 2 aromatic carbocycles. The van der Waals surface area contributed by atoms with Gasteiger partial charge in [0.1, 0.15) is 5.82 Å². The molecule has 5 rings (SSSR count). The summed E-state index contributed by atoms with van der Waals surface area (Å²) < 4.78 is 53.6. The Kier molecular flexibility index (Phi) is 6.66. The molecule has 5 nitrogen and oxygen atoms in total. The van der Waals surface area contributed by atoms with Crippen LogP contribution >= 0.6 is 0 Å². The van der Waals surface area contributed by atoms with Gasteiger partial charge in [-0.3, -0.25) is 14.7 Å². The molecule has 0 aliphatic carbocycles. The number of amides is 1. The molecule has 1 aromatic heterocycles. The number of piperazine rings is 1. The van der Waals surface area contributed by atoms with E-state index in [1.165, 1.54) is 24.3 Å². The van der Waals surface area contributed by atoms with Gasteiger partial charge in [0.2, 0.25) is 5.91 Å². The molecule has 188 valence electrons. The van der Waals surface area contributed by atoms with E-state index in [0.29, 0.717) is 38.3 Å². The zero-order chi connectivity index (χ0) is 25.3. The highest BCUT2D eigenvalue weighted by atomic mass is 19.4. The Morgan fingerprint density at radius 3 is 2.47 bits per heavy atom. The minimum Gasteiger partial charge on any atom is -0.365 e. The topological polar surface area (TPSA) is 48.5 Å². The zero-order valence-electron chi connectivity index (χ0n) is 19.5. The standard InChI is InChI=1S/C27H26F4N4O/c28-22-4-1-19(2-5-22)16-34-11-12-35-24-6-3-21(27(29,30)31)13-20(24)14-23(25(35)17-34)26(36)33-15-18-7-9-32-10-8-18/h1-10,13,23,25H,11-12,14-17H2,(H,33,36)/t23-,25-/m1/s1. The molecule has 3 aromatic rings. The van der Waals surface area contributed by atoms with Gasteiger partial charge in [-0.1, -0.05) is 12.1 Å². The van der Waals surface area contributed by atoms with Crippen molar-refractivity contribution >= 4 is 11.6 Å². The molecule has 2 atom stereocenters. The molecular formula is C27H26F4N4O. The Morgan fingerprint density at radius 1 is 1.00 bits per heavy atom. The first-order chi connectivity index (χ1) is 17.3. The molecule has 0 spiro atoms. The van der Waals surface area contributed by atoms with E-state index in [1.54, 1.807) is 24.5 Å². The third-order valence-electron chi connectivity index (χ3n) is 7.00. The van der Waals surface area contributed by atoms with Crippen molar-refractivity contribution in [3.05, 3.63) is 95.1 Å². The monoisotopic (exact) mass is 498 g/mol. The Bertz CT molecular complexity index is 1220. The van der Waals surface area contributed by atoms with E-state index in [-0.39, 0.29) is 24.2 Å². The molecule has 3 heterocycles.